The Balaban J connectivity index is 1.83. The molecule has 3 aromatic rings. The number of nitrogens with two attached hydrogens (primary N) is 1. The normalized spacial score (nSPS) is 12.6. The van der Waals surface area contributed by atoms with Crippen LogP contribution in [0.5, 0.6) is 0 Å². The monoisotopic (exact) mass is 382 g/mol. The van der Waals surface area contributed by atoms with E-state index in [1.165, 1.54) is 0 Å². The van der Waals surface area contributed by atoms with Crippen LogP contribution in [-0.4, -0.2) is 18.6 Å². The summed E-state index contributed by atoms with van der Waals surface area (Å²) in [5.41, 5.74) is 3.08. The van der Waals surface area contributed by atoms with Crippen molar-refractivity contribution >= 4 is 15.8 Å². The first-order valence-corrected chi connectivity index (χ1v) is 10.2. The van der Waals surface area contributed by atoms with Crippen LogP contribution in [0.3, 0.4) is 0 Å². The van der Waals surface area contributed by atoms with E-state index in [2.05, 4.69) is 15.5 Å². The Hall–Kier alpha value is -2.77. The fourth-order valence-electron chi connectivity index (χ4n) is 2.88. The van der Waals surface area contributed by atoms with E-state index in [0.29, 0.717) is 29.1 Å². The second kappa shape index (κ2) is 7.85. The summed E-state index contributed by atoms with van der Waals surface area (Å²) in [5.74, 6) is 0.645. The molecule has 1 aromatic heterocycles. The van der Waals surface area contributed by atoms with E-state index in [0.717, 1.165) is 5.56 Å². The minimum absolute atomic E-state index is 0.0872. The molecular formula is C20H22N4O2S. The van der Waals surface area contributed by atoms with E-state index in [1.807, 2.05) is 56.3 Å². The van der Waals surface area contributed by atoms with Crippen LogP contribution in [0.15, 0.2) is 65.6 Å². The molecule has 7 heteroatoms. The predicted molar refractivity (Wildman–Crippen MR) is 107 cm³/mol. The third kappa shape index (κ3) is 4.50. The molecule has 140 valence electrons. The molecule has 0 aliphatic rings. The van der Waals surface area contributed by atoms with Crippen molar-refractivity contribution in [1.29, 1.82) is 0 Å². The van der Waals surface area contributed by atoms with E-state index in [9.17, 15) is 8.42 Å². The zero-order chi connectivity index (χ0) is 19.4. The molecule has 0 spiro atoms. The number of aryl methyl sites for hydroxylation is 1. The van der Waals surface area contributed by atoms with Crippen molar-refractivity contribution in [2.24, 2.45) is 5.14 Å². The van der Waals surface area contributed by atoms with Gasteiger partial charge in [-0.3, -0.25) is 0 Å². The zero-order valence-corrected chi connectivity index (χ0v) is 16.1. The molecule has 0 radical (unpaired) electrons. The molecule has 3 N–H and O–H groups in total. The first kappa shape index (κ1) is 19.0. The van der Waals surface area contributed by atoms with E-state index < -0.39 is 10.0 Å². The van der Waals surface area contributed by atoms with Gasteiger partial charge in [0, 0.05) is 11.6 Å². The molecule has 0 amide bonds. The van der Waals surface area contributed by atoms with Gasteiger partial charge in [-0.25, -0.2) is 13.6 Å². The van der Waals surface area contributed by atoms with Crippen LogP contribution >= 0.6 is 0 Å². The van der Waals surface area contributed by atoms with Crippen molar-refractivity contribution < 1.29 is 8.42 Å². The lowest BCUT2D eigenvalue weighted by Crippen LogP contribution is -2.14. The standard InChI is InChI=1S/C20H22N4O2S/c1-3-15-9-10-17(13-19(15)27(21,25)26)18-11-12-20(24-23-18)22-14(2)16-7-5-4-6-8-16/h4-14H,3H2,1-2H3,(H,22,24)(H2,21,25,26). The summed E-state index contributed by atoms with van der Waals surface area (Å²) < 4.78 is 23.7. The van der Waals surface area contributed by atoms with Crippen LogP contribution in [0.25, 0.3) is 11.3 Å². The Bertz CT molecular complexity index is 1020. The van der Waals surface area contributed by atoms with E-state index in [-0.39, 0.29) is 10.9 Å². The largest absolute Gasteiger partial charge is 0.362 e. The molecule has 0 fully saturated rings. The number of rotatable bonds is 6. The highest BCUT2D eigenvalue weighted by Crippen LogP contribution is 2.25. The minimum atomic E-state index is -3.79. The summed E-state index contributed by atoms with van der Waals surface area (Å²) in [6.45, 7) is 3.94. The van der Waals surface area contributed by atoms with Crippen molar-refractivity contribution in [2.45, 2.75) is 31.2 Å². The van der Waals surface area contributed by atoms with Crippen LogP contribution < -0.4 is 10.5 Å². The Morgan fingerprint density at radius 2 is 1.78 bits per heavy atom. The highest BCUT2D eigenvalue weighted by molar-refractivity contribution is 7.89. The minimum Gasteiger partial charge on any atom is -0.362 e. The highest BCUT2D eigenvalue weighted by Gasteiger charge is 2.15. The van der Waals surface area contributed by atoms with Gasteiger partial charge in [0.1, 0.15) is 5.82 Å². The Morgan fingerprint density at radius 1 is 1.04 bits per heavy atom. The van der Waals surface area contributed by atoms with Gasteiger partial charge < -0.3 is 5.32 Å². The van der Waals surface area contributed by atoms with Crippen molar-refractivity contribution in [3.05, 3.63) is 71.8 Å². The summed E-state index contributed by atoms with van der Waals surface area (Å²) in [6.07, 6.45) is 0.581. The topological polar surface area (TPSA) is 98.0 Å². The summed E-state index contributed by atoms with van der Waals surface area (Å²) in [4.78, 5) is 0.129. The fraction of sp³-hybridized carbons (Fsp3) is 0.200. The second-order valence-electron chi connectivity index (χ2n) is 6.30. The molecule has 0 aliphatic heterocycles. The van der Waals surface area contributed by atoms with Crippen LogP contribution in [0.1, 0.15) is 31.0 Å². The van der Waals surface area contributed by atoms with E-state index in [1.54, 1.807) is 18.2 Å². The van der Waals surface area contributed by atoms with Crippen LogP contribution in [0.4, 0.5) is 5.82 Å². The van der Waals surface area contributed by atoms with Gasteiger partial charge in [0.15, 0.2) is 0 Å². The third-order valence-corrected chi connectivity index (χ3v) is 5.37. The zero-order valence-electron chi connectivity index (χ0n) is 15.3. The molecule has 1 unspecified atom stereocenters. The third-order valence-electron chi connectivity index (χ3n) is 4.38. The fourth-order valence-corrected chi connectivity index (χ4v) is 3.75. The number of sulfonamides is 1. The molecule has 2 aromatic carbocycles. The maximum absolute atomic E-state index is 11.8. The number of aromatic nitrogens is 2. The molecule has 3 rings (SSSR count). The molecule has 0 aliphatic carbocycles. The quantitative estimate of drug-likeness (QED) is 0.680. The summed E-state index contributed by atoms with van der Waals surface area (Å²) >= 11 is 0. The van der Waals surface area contributed by atoms with Crippen LogP contribution in [-0.2, 0) is 16.4 Å². The number of nitrogens with one attached hydrogen (secondary N) is 1. The van der Waals surface area contributed by atoms with Gasteiger partial charge in [0.05, 0.1) is 10.6 Å². The van der Waals surface area contributed by atoms with Crippen LogP contribution in [0.2, 0.25) is 0 Å². The smallest absolute Gasteiger partial charge is 0.238 e. The Morgan fingerprint density at radius 3 is 2.37 bits per heavy atom. The number of hydrogen-bond acceptors (Lipinski definition) is 5. The maximum atomic E-state index is 11.8. The van der Waals surface area contributed by atoms with Gasteiger partial charge in [-0.1, -0.05) is 49.4 Å². The van der Waals surface area contributed by atoms with Gasteiger partial charge in [0.2, 0.25) is 10.0 Å². The molecule has 27 heavy (non-hydrogen) atoms. The van der Waals surface area contributed by atoms with Crippen molar-refractivity contribution in [3.8, 4) is 11.3 Å². The predicted octanol–water partition coefficient (Wildman–Crippen LogP) is 3.53. The van der Waals surface area contributed by atoms with E-state index in [4.69, 9.17) is 5.14 Å². The highest BCUT2D eigenvalue weighted by atomic mass is 32.2. The molecule has 1 heterocycles. The van der Waals surface area contributed by atoms with Crippen molar-refractivity contribution in [1.82, 2.24) is 10.2 Å². The average Bonchev–Trinajstić information content (AvgIpc) is 2.68. The lowest BCUT2D eigenvalue weighted by molar-refractivity contribution is 0.596. The van der Waals surface area contributed by atoms with Crippen molar-refractivity contribution in [3.63, 3.8) is 0 Å². The van der Waals surface area contributed by atoms with Gasteiger partial charge in [0.25, 0.3) is 0 Å². The first-order valence-electron chi connectivity index (χ1n) is 8.70. The molecule has 1 atom stereocenters. The molecule has 6 nitrogen and oxygen atoms in total. The molecule has 0 bridgehead atoms. The lowest BCUT2D eigenvalue weighted by Gasteiger charge is -2.14. The molecule has 0 saturated carbocycles. The number of nitrogens with zero attached hydrogens (tertiary/aromatic N) is 2. The second-order valence-corrected chi connectivity index (χ2v) is 7.83. The van der Waals surface area contributed by atoms with Gasteiger partial charge in [-0.2, -0.15) is 0 Å². The summed E-state index contributed by atoms with van der Waals surface area (Å²) in [7, 11) is -3.79. The lowest BCUT2D eigenvalue weighted by atomic mass is 10.1. The number of anilines is 1. The van der Waals surface area contributed by atoms with Crippen LogP contribution in [0, 0.1) is 0 Å². The SMILES string of the molecule is CCc1ccc(-c2ccc(NC(C)c3ccccc3)nn2)cc1S(N)(=O)=O. The number of primary sulfonamides is 1. The average molecular weight is 382 g/mol. The number of hydrogen-bond donors (Lipinski definition) is 2. The summed E-state index contributed by atoms with van der Waals surface area (Å²) in [6, 6.07) is 18.9. The molecule has 0 saturated heterocycles. The molecular weight excluding hydrogens is 360 g/mol. The van der Waals surface area contributed by atoms with Gasteiger partial charge in [-0.05, 0) is 42.7 Å². The van der Waals surface area contributed by atoms with Crippen molar-refractivity contribution in [2.75, 3.05) is 5.32 Å². The van der Waals surface area contributed by atoms with Gasteiger partial charge in [-0.15, -0.1) is 10.2 Å². The number of benzene rings is 2. The summed E-state index contributed by atoms with van der Waals surface area (Å²) in [5, 5.41) is 17.1. The van der Waals surface area contributed by atoms with Gasteiger partial charge >= 0.3 is 0 Å². The Kier molecular flexibility index (Phi) is 5.53. The Labute approximate surface area is 159 Å². The first-order chi connectivity index (χ1) is 12.9. The van der Waals surface area contributed by atoms with E-state index >= 15 is 0 Å². The maximum Gasteiger partial charge on any atom is 0.238 e.